The van der Waals surface area contributed by atoms with Crippen molar-refractivity contribution in [2.75, 3.05) is 53.0 Å². The molecule has 0 spiro atoms. The zero-order valence-corrected chi connectivity index (χ0v) is 15.2. The van der Waals surface area contributed by atoms with Crippen molar-refractivity contribution in [1.29, 1.82) is 0 Å². The van der Waals surface area contributed by atoms with Crippen LogP contribution in [-0.2, 0) is 9.53 Å². The number of likely N-dealkylation sites (tertiary alicyclic amines) is 1. The van der Waals surface area contributed by atoms with Gasteiger partial charge in [0, 0.05) is 26.7 Å². The van der Waals surface area contributed by atoms with Crippen LogP contribution in [0.3, 0.4) is 0 Å². The standard InChI is InChI=1S/C18H35N3O2/c1-15-11-16(2)13-21(12-15)10-4-7-20-17(22)18(14-23-3)5-8-19-9-6-18/h15-16,19H,4-14H2,1-3H3,(H,20,22). The maximum atomic E-state index is 12.6. The summed E-state index contributed by atoms with van der Waals surface area (Å²) in [7, 11) is 1.69. The molecule has 5 heteroatoms. The molecule has 0 aromatic rings. The van der Waals surface area contributed by atoms with Crippen LogP contribution in [-0.4, -0.2) is 63.8 Å². The van der Waals surface area contributed by atoms with E-state index in [1.54, 1.807) is 7.11 Å². The van der Waals surface area contributed by atoms with E-state index in [2.05, 4.69) is 29.4 Å². The molecule has 0 bridgehead atoms. The Bertz CT molecular complexity index is 354. The average molecular weight is 325 g/mol. The Morgan fingerprint density at radius 3 is 2.52 bits per heavy atom. The number of methoxy groups -OCH3 is 1. The van der Waals surface area contributed by atoms with Crippen LogP contribution < -0.4 is 10.6 Å². The lowest BCUT2D eigenvalue weighted by atomic mass is 9.78. The third-order valence-electron chi connectivity index (χ3n) is 5.34. The Balaban J connectivity index is 1.71. The van der Waals surface area contributed by atoms with E-state index in [1.807, 2.05) is 0 Å². The molecule has 0 aromatic carbocycles. The molecule has 0 saturated carbocycles. The maximum absolute atomic E-state index is 12.6. The number of hydrogen-bond donors (Lipinski definition) is 2. The fourth-order valence-electron chi connectivity index (χ4n) is 4.29. The monoisotopic (exact) mass is 325 g/mol. The molecule has 0 aromatic heterocycles. The molecular formula is C18H35N3O2. The van der Waals surface area contributed by atoms with Crippen molar-refractivity contribution in [3.8, 4) is 0 Å². The zero-order chi connectivity index (χ0) is 16.7. The summed E-state index contributed by atoms with van der Waals surface area (Å²) < 4.78 is 5.33. The molecule has 1 amide bonds. The summed E-state index contributed by atoms with van der Waals surface area (Å²) in [6, 6.07) is 0. The Labute approximate surface area is 141 Å². The van der Waals surface area contributed by atoms with Gasteiger partial charge in [0.05, 0.1) is 12.0 Å². The molecule has 2 rings (SSSR count). The largest absolute Gasteiger partial charge is 0.384 e. The lowest BCUT2D eigenvalue weighted by molar-refractivity contribution is -0.136. The van der Waals surface area contributed by atoms with E-state index < -0.39 is 0 Å². The number of nitrogens with zero attached hydrogens (tertiary/aromatic N) is 1. The quantitative estimate of drug-likeness (QED) is 0.696. The van der Waals surface area contributed by atoms with Crippen molar-refractivity contribution in [3.05, 3.63) is 0 Å². The van der Waals surface area contributed by atoms with Crippen molar-refractivity contribution in [2.45, 2.75) is 39.5 Å². The van der Waals surface area contributed by atoms with Crippen LogP contribution in [0.1, 0.15) is 39.5 Å². The third-order valence-corrected chi connectivity index (χ3v) is 5.34. The minimum absolute atomic E-state index is 0.182. The first-order valence-corrected chi connectivity index (χ1v) is 9.26. The number of amides is 1. The van der Waals surface area contributed by atoms with Crippen molar-refractivity contribution < 1.29 is 9.53 Å². The van der Waals surface area contributed by atoms with Gasteiger partial charge in [0.15, 0.2) is 0 Å². The molecular weight excluding hydrogens is 290 g/mol. The molecule has 2 atom stereocenters. The van der Waals surface area contributed by atoms with Gasteiger partial charge in [-0.3, -0.25) is 4.79 Å². The van der Waals surface area contributed by atoms with Gasteiger partial charge in [0.1, 0.15) is 0 Å². The van der Waals surface area contributed by atoms with E-state index >= 15 is 0 Å². The molecule has 2 N–H and O–H groups in total. The van der Waals surface area contributed by atoms with Gasteiger partial charge in [0.2, 0.25) is 5.91 Å². The lowest BCUT2D eigenvalue weighted by Crippen LogP contribution is -2.50. The van der Waals surface area contributed by atoms with Gasteiger partial charge >= 0.3 is 0 Å². The molecule has 134 valence electrons. The van der Waals surface area contributed by atoms with E-state index in [4.69, 9.17) is 4.74 Å². The highest BCUT2D eigenvalue weighted by Crippen LogP contribution is 2.29. The summed E-state index contributed by atoms with van der Waals surface area (Å²) in [5, 5.41) is 6.50. The predicted molar refractivity (Wildman–Crippen MR) is 93.4 cm³/mol. The van der Waals surface area contributed by atoms with Gasteiger partial charge in [-0.15, -0.1) is 0 Å². The van der Waals surface area contributed by atoms with Crippen LogP contribution in [0.15, 0.2) is 0 Å². The molecule has 0 aliphatic carbocycles. The van der Waals surface area contributed by atoms with Crippen LogP contribution >= 0.6 is 0 Å². The number of ether oxygens (including phenoxy) is 1. The number of carbonyl (C=O) groups is 1. The lowest BCUT2D eigenvalue weighted by Gasteiger charge is -2.36. The second kappa shape index (κ2) is 9.00. The molecule has 5 nitrogen and oxygen atoms in total. The fourth-order valence-corrected chi connectivity index (χ4v) is 4.29. The van der Waals surface area contributed by atoms with Gasteiger partial charge < -0.3 is 20.3 Å². The first-order chi connectivity index (χ1) is 11.1. The van der Waals surface area contributed by atoms with Crippen LogP contribution in [0, 0.1) is 17.3 Å². The van der Waals surface area contributed by atoms with Gasteiger partial charge in [0.25, 0.3) is 0 Å². The van der Waals surface area contributed by atoms with Crippen molar-refractivity contribution in [2.24, 2.45) is 17.3 Å². The summed E-state index contributed by atoms with van der Waals surface area (Å²) in [4.78, 5) is 15.2. The molecule has 2 heterocycles. The van der Waals surface area contributed by atoms with Crippen molar-refractivity contribution in [1.82, 2.24) is 15.5 Å². The molecule has 2 aliphatic heterocycles. The van der Waals surface area contributed by atoms with Crippen molar-refractivity contribution in [3.63, 3.8) is 0 Å². The Morgan fingerprint density at radius 1 is 1.26 bits per heavy atom. The van der Waals surface area contributed by atoms with Gasteiger partial charge in [-0.2, -0.15) is 0 Å². The van der Waals surface area contributed by atoms with E-state index in [-0.39, 0.29) is 11.3 Å². The summed E-state index contributed by atoms with van der Waals surface area (Å²) >= 11 is 0. The Kier molecular flexibility index (Phi) is 7.31. The third kappa shape index (κ3) is 5.44. The highest BCUT2D eigenvalue weighted by molar-refractivity contribution is 5.82. The maximum Gasteiger partial charge on any atom is 0.228 e. The fraction of sp³-hybridized carbons (Fsp3) is 0.944. The number of piperidine rings is 2. The molecule has 2 aliphatic rings. The van der Waals surface area contributed by atoms with Crippen molar-refractivity contribution >= 4 is 5.91 Å². The van der Waals surface area contributed by atoms with Gasteiger partial charge in [-0.1, -0.05) is 13.8 Å². The first-order valence-electron chi connectivity index (χ1n) is 9.26. The molecule has 0 radical (unpaired) electrons. The topological polar surface area (TPSA) is 53.6 Å². The number of hydrogen-bond acceptors (Lipinski definition) is 4. The number of rotatable bonds is 7. The van der Waals surface area contributed by atoms with Crippen LogP contribution in [0.5, 0.6) is 0 Å². The summed E-state index contributed by atoms with van der Waals surface area (Å²) in [6.07, 6.45) is 4.12. The predicted octanol–water partition coefficient (Wildman–Crippen LogP) is 1.49. The van der Waals surface area contributed by atoms with Crippen LogP contribution in [0.4, 0.5) is 0 Å². The summed E-state index contributed by atoms with van der Waals surface area (Å²) in [5.41, 5.74) is -0.325. The average Bonchev–Trinajstić information content (AvgIpc) is 2.51. The summed E-state index contributed by atoms with van der Waals surface area (Å²) in [6.45, 7) is 11.3. The summed E-state index contributed by atoms with van der Waals surface area (Å²) in [5.74, 6) is 1.78. The van der Waals surface area contributed by atoms with E-state index in [9.17, 15) is 4.79 Å². The van der Waals surface area contributed by atoms with E-state index in [0.29, 0.717) is 6.61 Å². The normalized spacial score (nSPS) is 28.5. The smallest absolute Gasteiger partial charge is 0.228 e. The van der Waals surface area contributed by atoms with Crippen LogP contribution in [0.25, 0.3) is 0 Å². The zero-order valence-electron chi connectivity index (χ0n) is 15.2. The highest BCUT2D eigenvalue weighted by atomic mass is 16.5. The van der Waals surface area contributed by atoms with E-state index in [1.165, 1.54) is 19.5 Å². The van der Waals surface area contributed by atoms with Gasteiger partial charge in [-0.25, -0.2) is 0 Å². The number of nitrogens with one attached hydrogen (secondary N) is 2. The molecule has 2 saturated heterocycles. The number of carbonyl (C=O) groups excluding carboxylic acids is 1. The SMILES string of the molecule is COCC1(C(=O)NCCCN2CC(C)CC(C)C2)CCNCC1. The van der Waals surface area contributed by atoms with Gasteiger partial charge in [-0.05, 0) is 57.2 Å². The second-order valence-corrected chi connectivity index (χ2v) is 7.78. The van der Waals surface area contributed by atoms with E-state index in [0.717, 1.165) is 57.3 Å². The Hall–Kier alpha value is -0.650. The minimum Gasteiger partial charge on any atom is -0.384 e. The highest BCUT2D eigenvalue weighted by Gasteiger charge is 2.39. The first kappa shape index (κ1) is 18.7. The minimum atomic E-state index is -0.325. The molecule has 2 unspecified atom stereocenters. The Morgan fingerprint density at radius 2 is 1.91 bits per heavy atom. The molecule has 2 fully saturated rings. The molecule has 23 heavy (non-hydrogen) atoms. The van der Waals surface area contributed by atoms with Crippen LogP contribution in [0.2, 0.25) is 0 Å². The second-order valence-electron chi connectivity index (χ2n) is 7.78.